The Balaban J connectivity index is 1.96. The number of aliphatic carboxylic acids is 1. The van der Waals surface area contributed by atoms with Gasteiger partial charge < -0.3 is 10.2 Å². The monoisotopic (exact) mass is 239 g/mol. The van der Waals surface area contributed by atoms with E-state index in [1.165, 1.54) is 11.3 Å². The van der Waals surface area contributed by atoms with Gasteiger partial charge in [0.1, 0.15) is 0 Å². The Bertz CT molecular complexity index is 434. The zero-order valence-corrected chi connectivity index (χ0v) is 9.54. The van der Waals surface area contributed by atoms with Crippen LogP contribution in [-0.2, 0) is 10.2 Å². The van der Waals surface area contributed by atoms with E-state index in [1.807, 2.05) is 0 Å². The van der Waals surface area contributed by atoms with Crippen LogP contribution in [0.25, 0.3) is 0 Å². The van der Waals surface area contributed by atoms with Gasteiger partial charge in [-0.05, 0) is 25.7 Å². The fourth-order valence-electron chi connectivity index (χ4n) is 2.27. The molecule has 2 aliphatic carbocycles. The number of aliphatic hydroxyl groups excluding tert-OH is 1. The van der Waals surface area contributed by atoms with Crippen LogP contribution in [0, 0.1) is 0 Å². The first-order valence-electron chi connectivity index (χ1n) is 5.50. The first-order valence-corrected chi connectivity index (χ1v) is 6.38. The molecule has 16 heavy (non-hydrogen) atoms. The van der Waals surface area contributed by atoms with Crippen LogP contribution in [0.1, 0.15) is 42.2 Å². The van der Waals surface area contributed by atoms with Gasteiger partial charge in [0.05, 0.1) is 11.2 Å². The molecule has 1 heterocycles. The normalized spacial score (nSPS) is 24.1. The molecule has 0 aliphatic heterocycles. The maximum absolute atomic E-state index is 10.9. The quantitative estimate of drug-likeness (QED) is 0.835. The molecule has 1 atom stereocenters. The predicted octanol–water partition coefficient (Wildman–Crippen LogP) is 1.50. The van der Waals surface area contributed by atoms with Gasteiger partial charge in [-0.1, -0.05) is 0 Å². The van der Waals surface area contributed by atoms with Crippen molar-refractivity contribution in [1.29, 1.82) is 0 Å². The fourth-order valence-corrected chi connectivity index (χ4v) is 3.43. The molecule has 1 aromatic heterocycles. The Morgan fingerprint density at radius 3 is 2.75 bits per heavy atom. The molecule has 2 saturated carbocycles. The highest BCUT2D eigenvalue weighted by atomic mass is 32.1. The van der Waals surface area contributed by atoms with Crippen LogP contribution in [0.4, 0.5) is 0 Å². The smallest absolute Gasteiger partial charge is 0.333 e. The van der Waals surface area contributed by atoms with E-state index in [9.17, 15) is 9.90 Å². The van der Waals surface area contributed by atoms with Crippen molar-refractivity contribution >= 4 is 17.3 Å². The van der Waals surface area contributed by atoms with Crippen LogP contribution in [0.5, 0.6) is 0 Å². The van der Waals surface area contributed by atoms with Crippen molar-refractivity contribution in [1.82, 2.24) is 4.98 Å². The zero-order valence-electron chi connectivity index (χ0n) is 8.72. The lowest BCUT2D eigenvalue weighted by molar-refractivity contribution is -0.148. The van der Waals surface area contributed by atoms with E-state index in [0.29, 0.717) is 5.92 Å². The second-order valence-corrected chi connectivity index (χ2v) is 5.59. The van der Waals surface area contributed by atoms with E-state index < -0.39 is 17.5 Å². The summed E-state index contributed by atoms with van der Waals surface area (Å²) in [5.74, 6) is -0.604. The van der Waals surface area contributed by atoms with Crippen LogP contribution < -0.4 is 0 Å². The first kappa shape index (κ1) is 10.2. The lowest BCUT2D eigenvalue weighted by Crippen LogP contribution is -2.33. The molecule has 3 rings (SSSR count). The SMILES string of the molecule is O=C(O)C(O)C1(c2scnc2C2CC2)CC1. The van der Waals surface area contributed by atoms with Crippen molar-refractivity contribution in [3.8, 4) is 0 Å². The largest absolute Gasteiger partial charge is 0.479 e. The minimum atomic E-state index is -1.27. The Labute approximate surface area is 96.9 Å². The van der Waals surface area contributed by atoms with Crippen molar-refractivity contribution in [2.45, 2.75) is 43.1 Å². The molecular formula is C11H13NO3S. The van der Waals surface area contributed by atoms with Gasteiger partial charge in [0.25, 0.3) is 0 Å². The van der Waals surface area contributed by atoms with Gasteiger partial charge in [-0.2, -0.15) is 0 Å². The van der Waals surface area contributed by atoms with E-state index in [-0.39, 0.29) is 0 Å². The van der Waals surface area contributed by atoms with Crippen molar-refractivity contribution in [3.05, 3.63) is 16.1 Å². The van der Waals surface area contributed by atoms with E-state index in [2.05, 4.69) is 4.98 Å². The van der Waals surface area contributed by atoms with Crippen LogP contribution in [-0.4, -0.2) is 27.3 Å². The summed E-state index contributed by atoms with van der Waals surface area (Å²) in [6, 6.07) is 0. The summed E-state index contributed by atoms with van der Waals surface area (Å²) in [5, 5.41) is 18.7. The Kier molecular flexibility index (Phi) is 2.09. The molecule has 86 valence electrons. The van der Waals surface area contributed by atoms with Crippen LogP contribution in [0.2, 0.25) is 0 Å². The average Bonchev–Trinajstić information content (AvgIpc) is 3.18. The molecule has 0 radical (unpaired) electrons. The van der Waals surface area contributed by atoms with Crippen LogP contribution in [0.15, 0.2) is 5.51 Å². The van der Waals surface area contributed by atoms with Crippen LogP contribution >= 0.6 is 11.3 Å². The lowest BCUT2D eigenvalue weighted by atomic mass is 9.94. The van der Waals surface area contributed by atoms with Crippen molar-refractivity contribution in [3.63, 3.8) is 0 Å². The maximum atomic E-state index is 10.9. The number of aliphatic hydroxyl groups is 1. The number of aromatic nitrogens is 1. The summed E-state index contributed by atoms with van der Waals surface area (Å²) in [6.07, 6.45) is 2.56. The summed E-state index contributed by atoms with van der Waals surface area (Å²) in [6.45, 7) is 0. The van der Waals surface area contributed by atoms with Gasteiger partial charge in [-0.3, -0.25) is 0 Å². The summed E-state index contributed by atoms with van der Waals surface area (Å²) >= 11 is 1.50. The highest BCUT2D eigenvalue weighted by Crippen LogP contribution is 2.56. The Hall–Kier alpha value is -0.940. The predicted molar refractivity (Wildman–Crippen MR) is 58.6 cm³/mol. The molecule has 0 aromatic carbocycles. The summed E-state index contributed by atoms with van der Waals surface area (Å²) in [4.78, 5) is 16.3. The molecule has 1 unspecified atom stereocenters. The Morgan fingerprint density at radius 1 is 1.56 bits per heavy atom. The van der Waals surface area contributed by atoms with Crippen molar-refractivity contribution < 1.29 is 15.0 Å². The first-order chi connectivity index (χ1) is 7.65. The molecule has 2 N–H and O–H groups in total. The molecule has 0 amide bonds. The number of hydrogen-bond donors (Lipinski definition) is 2. The van der Waals surface area contributed by atoms with Crippen molar-refractivity contribution in [2.75, 3.05) is 0 Å². The zero-order chi connectivity index (χ0) is 11.3. The van der Waals surface area contributed by atoms with Gasteiger partial charge in [-0.15, -0.1) is 11.3 Å². The molecule has 4 nitrogen and oxygen atoms in total. The number of hydrogen-bond acceptors (Lipinski definition) is 4. The van der Waals surface area contributed by atoms with E-state index in [4.69, 9.17) is 5.11 Å². The maximum Gasteiger partial charge on any atom is 0.333 e. The average molecular weight is 239 g/mol. The number of nitrogens with zero attached hydrogens (tertiary/aromatic N) is 1. The van der Waals surface area contributed by atoms with Gasteiger partial charge >= 0.3 is 5.97 Å². The Morgan fingerprint density at radius 2 is 2.25 bits per heavy atom. The number of thiazole rings is 1. The standard InChI is InChI=1S/C11H13NO3S/c13-8(10(14)15)11(3-4-11)9-7(6-1-2-6)12-5-16-9/h5-6,8,13H,1-4H2,(H,14,15). The molecule has 0 bridgehead atoms. The van der Waals surface area contributed by atoms with Gasteiger partial charge in [-0.25, -0.2) is 9.78 Å². The van der Waals surface area contributed by atoms with E-state index in [0.717, 1.165) is 36.3 Å². The van der Waals surface area contributed by atoms with Gasteiger partial charge in [0.2, 0.25) is 0 Å². The molecule has 0 saturated heterocycles. The van der Waals surface area contributed by atoms with Gasteiger partial charge in [0, 0.05) is 16.2 Å². The van der Waals surface area contributed by atoms with Crippen molar-refractivity contribution in [2.24, 2.45) is 0 Å². The third-order valence-electron chi connectivity index (χ3n) is 3.56. The minimum Gasteiger partial charge on any atom is -0.479 e. The second kappa shape index (κ2) is 3.28. The molecule has 5 heteroatoms. The summed E-state index contributed by atoms with van der Waals surface area (Å²) < 4.78 is 0. The molecule has 0 spiro atoms. The molecule has 2 fully saturated rings. The summed E-state index contributed by atoms with van der Waals surface area (Å²) in [7, 11) is 0. The minimum absolute atomic E-state index is 0.514. The third-order valence-corrected chi connectivity index (χ3v) is 4.62. The van der Waals surface area contributed by atoms with E-state index >= 15 is 0 Å². The van der Waals surface area contributed by atoms with Gasteiger partial charge in [0.15, 0.2) is 6.10 Å². The highest BCUT2D eigenvalue weighted by molar-refractivity contribution is 7.10. The molecule has 2 aliphatic rings. The number of rotatable bonds is 4. The number of carboxylic acids is 1. The lowest BCUT2D eigenvalue weighted by Gasteiger charge is -2.18. The topological polar surface area (TPSA) is 70.4 Å². The highest BCUT2D eigenvalue weighted by Gasteiger charge is 2.56. The molecular weight excluding hydrogens is 226 g/mol. The fraction of sp³-hybridized carbons (Fsp3) is 0.636. The summed E-state index contributed by atoms with van der Waals surface area (Å²) in [5.41, 5.74) is 2.30. The number of carbonyl (C=O) groups is 1. The molecule has 1 aromatic rings. The second-order valence-electron chi connectivity index (χ2n) is 4.74. The third kappa shape index (κ3) is 1.38. The van der Waals surface area contributed by atoms with Crippen LogP contribution in [0.3, 0.4) is 0 Å². The van der Waals surface area contributed by atoms with E-state index in [1.54, 1.807) is 5.51 Å². The number of carboxylic acid groups (broad SMARTS) is 1.